The Bertz CT molecular complexity index is 260. The molecule has 0 aromatic rings. The van der Waals surface area contributed by atoms with Crippen LogP contribution >= 0.6 is 0 Å². The molecule has 1 rings (SSSR count). The zero-order valence-corrected chi connectivity index (χ0v) is 10.8. The minimum Gasteiger partial charge on any atom is -0.388 e. The second-order valence-electron chi connectivity index (χ2n) is 5.20. The molecule has 0 aromatic heterocycles. The number of ether oxygens (including phenoxy) is 1. The fourth-order valence-corrected chi connectivity index (χ4v) is 2.04. The third-order valence-electron chi connectivity index (χ3n) is 3.26. The van der Waals surface area contributed by atoms with Gasteiger partial charge in [-0.3, -0.25) is 4.79 Å². The van der Waals surface area contributed by atoms with Gasteiger partial charge in [0.1, 0.15) is 0 Å². The minimum absolute atomic E-state index is 0.183. The molecule has 17 heavy (non-hydrogen) atoms. The van der Waals surface area contributed by atoms with Crippen LogP contribution in [-0.2, 0) is 9.53 Å². The van der Waals surface area contributed by atoms with Crippen LogP contribution in [0.5, 0.6) is 0 Å². The first-order chi connectivity index (χ1) is 7.90. The van der Waals surface area contributed by atoms with E-state index >= 15 is 0 Å². The molecule has 1 saturated heterocycles. The number of rotatable bonds is 5. The average molecular weight is 244 g/mol. The summed E-state index contributed by atoms with van der Waals surface area (Å²) in [4.78, 5) is 12.0. The lowest BCUT2D eigenvalue weighted by atomic mass is 9.90. The van der Waals surface area contributed by atoms with Crippen LogP contribution in [0.15, 0.2) is 0 Å². The van der Waals surface area contributed by atoms with Gasteiger partial charge in [-0.25, -0.2) is 0 Å². The summed E-state index contributed by atoms with van der Waals surface area (Å²) in [5, 5.41) is 12.7. The molecule has 1 unspecified atom stereocenters. The molecule has 0 aliphatic carbocycles. The Labute approximate surface area is 103 Å². The van der Waals surface area contributed by atoms with Crippen LogP contribution in [-0.4, -0.2) is 41.9 Å². The van der Waals surface area contributed by atoms with Gasteiger partial charge in [-0.05, 0) is 26.2 Å². The van der Waals surface area contributed by atoms with Crippen LogP contribution in [0, 0.1) is 0 Å². The minimum atomic E-state index is -0.855. The van der Waals surface area contributed by atoms with Gasteiger partial charge in [0, 0.05) is 19.8 Å². The standard InChI is InChI=1S/C12H24N2O3/c1-3-4-11(2,16)9-14-10(15)12(13)5-7-17-8-6-12/h16H,3-9,13H2,1-2H3,(H,14,15). The van der Waals surface area contributed by atoms with Crippen molar-refractivity contribution >= 4 is 5.91 Å². The zero-order chi connectivity index (χ0) is 12.9. The van der Waals surface area contributed by atoms with Crippen molar-refractivity contribution in [1.29, 1.82) is 0 Å². The van der Waals surface area contributed by atoms with Gasteiger partial charge in [-0.2, -0.15) is 0 Å². The van der Waals surface area contributed by atoms with E-state index in [1.807, 2.05) is 6.92 Å². The molecule has 5 heteroatoms. The number of nitrogens with one attached hydrogen (secondary N) is 1. The van der Waals surface area contributed by atoms with Crippen LogP contribution in [0.4, 0.5) is 0 Å². The Morgan fingerprint density at radius 1 is 1.53 bits per heavy atom. The van der Waals surface area contributed by atoms with Crippen LogP contribution in [0.2, 0.25) is 0 Å². The fraction of sp³-hybridized carbons (Fsp3) is 0.917. The second-order valence-corrected chi connectivity index (χ2v) is 5.20. The van der Waals surface area contributed by atoms with Crippen molar-refractivity contribution < 1.29 is 14.6 Å². The third kappa shape index (κ3) is 4.26. The van der Waals surface area contributed by atoms with Crippen molar-refractivity contribution in [1.82, 2.24) is 5.32 Å². The van der Waals surface area contributed by atoms with E-state index in [0.29, 0.717) is 32.5 Å². The van der Waals surface area contributed by atoms with Crippen LogP contribution < -0.4 is 11.1 Å². The van der Waals surface area contributed by atoms with Crippen LogP contribution in [0.25, 0.3) is 0 Å². The number of carbonyl (C=O) groups excluding carboxylic acids is 1. The van der Waals surface area contributed by atoms with Gasteiger partial charge in [0.25, 0.3) is 0 Å². The Balaban J connectivity index is 2.43. The Morgan fingerprint density at radius 3 is 2.65 bits per heavy atom. The van der Waals surface area contributed by atoms with Crippen molar-refractivity contribution in [3.8, 4) is 0 Å². The Hall–Kier alpha value is -0.650. The first-order valence-electron chi connectivity index (χ1n) is 6.27. The molecule has 1 fully saturated rings. The van der Waals surface area contributed by atoms with Gasteiger partial charge in [-0.15, -0.1) is 0 Å². The van der Waals surface area contributed by atoms with E-state index in [1.54, 1.807) is 6.92 Å². The van der Waals surface area contributed by atoms with Gasteiger partial charge in [0.05, 0.1) is 11.1 Å². The zero-order valence-electron chi connectivity index (χ0n) is 10.8. The first-order valence-corrected chi connectivity index (χ1v) is 6.27. The van der Waals surface area contributed by atoms with Crippen molar-refractivity contribution in [3.05, 3.63) is 0 Å². The maximum absolute atomic E-state index is 12.0. The molecule has 4 N–H and O–H groups in total. The van der Waals surface area contributed by atoms with Gasteiger partial charge < -0.3 is 20.9 Å². The number of amides is 1. The molecule has 0 saturated carbocycles. The molecule has 0 aromatic carbocycles. The Morgan fingerprint density at radius 2 is 2.12 bits per heavy atom. The number of hydrogen-bond acceptors (Lipinski definition) is 4. The van der Waals surface area contributed by atoms with Crippen molar-refractivity contribution in [3.63, 3.8) is 0 Å². The highest BCUT2D eigenvalue weighted by molar-refractivity contribution is 5.86. The molecular weight excluding hydrogens is 220 g/mol. The number of nitrogens with two attached hydrogens (primary N) is 1. The van der Waals surface area contributed by atoms with Crippen molar-refractivity contribution in [2.24, 2.45) is 5.73 Å². The number of hydrogen-bond donors (Lipinski definition) is 3. The summed E-state index contributed by atoms with van der Waals surface area (Å²) in [5.74, 6) is -0.183. The topological polar surface area (TPSA) is 84.6 Å². The molecule has 1 heterocycles. The monoisotopic (exact) mass is 244 g/mol. The fourth-order valence-electron chi connectivity index (χ4n) is 2.04. The van der Waals surface area contributed by atoms with Gasteiger partial charge in [0.15, 0.2) is 0 Å². The van der Waals surface area contributed by atoms with Gasteiger partial charge in [0.2, 0.25) is 5.91 Å². The molecule has 0 spiro atoms. The predicted octanol–water partition coefficient (Wildman–Crippen LogP) is 0.162. The molecule has 0 radical (unpaired) electrons. The first kappa shape index (κ1) is 14.4. The SMILES string of the molecule is CCCC(C)(O)CNC(=O)C1(N)CCOCC1. The lowest BCUT2D eigenvalue weighted by Gasteiger charge is -2.33. The van der Waals surface area contributed by atoms with Crippen molar-refractivity contribution in [2.45, 2.75) is 50.7 Å². The summed E-state index contributed by atoms with van der Waals surface area (Å²) in [6.07, 6.45) is 2.61. The second kappa shape index (κ2) is 5.80. The average Bonchev–Trinajstić information content (AvgIpc) is 2.27. The van der Waals surface area contributed by atoms with Gasteiger partial charge >= 0.3 is 0 Å². The van der Waals surface area contributed by atoms with Crippen LogP contribution in [0.1, 0.15) is 39.5 Å². The quantitative estimate of drug-likeness (QED) is 0.643. The lowest BCUT2D eigenvalue weighted by molar-refractivity contribution is -0.130. The third-order valence-corrected chi connectivity index (χ3v) is 3.26. The molecule has 1 aliphatic rings. The van der Waals surface area contributed by atoms with E-state index < -0.39 is 11.1 Å². The largest absolute Gasteiger partial charge is 0.388 e. The smallest absolute Gasteiger partial charge is 0.240 e. The predicted molar refractivity (Wildman–Crippen MR) is 65.5 cm³/mol. The molecule has 1 aliphatic heterocycles. The molecule has 100 valence electrons. The maximum atomic E-state index is 12.0. The van der Waals surface area contributed by atoms with E-state index in [9.17, 15) is 9.90 Å². The summed E-state index contributed by atoms with van der Waals surface area (Å²) < 4.78 is 5.19. The summed E-state index contributed by atoms with van der Waals surface area (Å²) >= 11 is 0. The van der Waals surface area contributed by atoms with Crippen LogP contribution in [0.3, 0.4) is 0 Å². The Kier molecular flexibility index (Phi) is 4.91. The summed E-state index contributed by atoms with van der Waals surface area (Å²) in [6.45, 7) is 5.02. The van der Waals surface area contributed by atoms with E-state index in [-0.39, 0.29) is 12.5 Å². The van der Waals surface area contributed by atoms with Crippen molar-refractivity contribution in [2.75, 3.05) is 19.8 Å². The lowest BCUT2D eigenvalue weighted by Crippen LogP contribution is -2.58. The van der Waals surface area contributed by atoms with E-state index in [4.69, 9.17) is 10.5 Å². The highest BCUT2D eigenvalue weighted by Crippen LogP contribution is 2.18. The van der Waals surface area contributed by atoms with Gasteiger partial charge in [-0.1, -0.05) is 13.3 Å². The molecule has 0 bridgehead atoms. The summed E-state index contributed by atoms with van der Waals surface area (Å²) in [6, 6.07) is 0. The summed E-state index contributed by atoms with van der Waals surface area (Å²) in [5.41, 5.74) is 4.34. The molecule has 1 atom stereocenters. The summed E-state index contributed by atoms with van der Waals surface area (Å²) in [7, 11) is 0. The van der Waals surface area contributed by atoms with E-state index in [0.717, 1.165) is 6.42 Å². The maximum Gasteiger partial charge on any atom is 0.240 e. The molecule has 5 nitrogen and oxygen atoms in total. The highest BCUT2D eigenvalue weighted by atomic mass is 16.5. The molecule has 1 amide bonds. The van der Waals surface area contributed by atoms with E-state index in [2.05, 4.69) is 5.32 Å². The number of carbonyl (C=O) groups is 1. The normalized spacial score (nSPS) is 22.8. The number of aliphatic hydroxyl groups is 1. The van der Waals surface area contributed by atoms with E-state index in [1.165, 1.54) is 0 Å². The highest BCUT2D eigenvalue weighted by Gasteiger charge is 2.36. The molecular formula is C12H24N2O3.